The van der Waals surface area contributed by atoms with E-state index in [0.29, 0.717) is 25.2 Å². The first-order valence-corrected chi connectivity index (χ1v) is 12.3. The maximum Gasteiger partial charge on any atom is 0.252 e. The monoisotopic (exact) mass is 444 g/mol. The van der Waals surface area contributed by atoms with Gasteiger partial charge >= 0.3 is 0 Å². The van der Waals surface area contributed by atoms with Crippen molar-refractivity contribution in [1.82, 2.24) is 10.2 Å². The van der Waals surface area contributed by atoms with Crippen LogP contribution in [0.5, 0.6) is 11.5 Å². The molecule has 0 spiro atoms. The van der Waals surface area contributed by atoms with Gasteiger partial charge in [-0.1, -0.05) is 18.2 Å². The molecule has 6 rings (SSSR count). The van der Waals surface area contributed by atoms with Crippen LogP contribution in [-0.2, 0) is 6.54 Å². The molecule has 1 amide bonds. The number of hydrogen-bond acceptors (Lipinski definition) is 4. The lowest BCUT2D eigenvalue weighted by Gasteiger charge is -2.28. The molecule has 0 radical (unpaired) electrons. The molecule has 2 bridgehead atoms. The number of ether oxygens (including phenoxy) is 2. The Kier molecular flexibility index (Phi) is 5.37. The summed E-state index contributed by atoms with van der Waals surface area (Å²) in [4.78, 5) is 14.9. The number of nitrogens with zero attached hydrogens (tertiary/aromatic N) is 1. The number of carbonyl (C=O) groups is 1. The molecule has 172 valence electrons. The summed E-state index contributed by atoms with van der Waals surface area (Å²) >= 11 is 0. The average molecular weight is 445 g/mol. The standard InChI is InChI=1S/C28H32N2O3/c1-32-24-9-4-19(5-10-24)26-13-23-8-7-22(30(23)16-18-2-3-18)12-21(26)17-33-25-11-6-20-15-29-28(31)27(20)14-25/h4-6,9-11,14,18,22-23H,2-3,7-8,12-13,15-17H2,1H3,(H,29,31). The molecule has 1 N–H and O–H groups in total. The van der Waals surface area contributed by atoms with Crippen LogP contribution in [0.4, 0.5) is 0 Å². The second-order valence-corrected chi connectivity index (χ2v) is 10.0. The van der Waals surface area contributed by atoms with Crippen molar-refractivity contribution in [2.45, 2.75) is 57.2 Å². The van der Waals surface area contributed by atoms with E-state index in [0.717, 1.165) is 41.4 Å². The molecule has 2 atom stereocenters. The highest BCUT2D eigenvalue weighted by atomic mass is 16.5. The number of methoxy groups -OCH3 is 1. The molecule has 0 aromatic heterocycles. The first-order chi connectivity index (χ1) is 16.2. The number of hydrogen-bond donors (Lipinski definition) is 1. The van der Waals surface area contributed by atoms with Crippen molar-refractivity contribution in [2.24, 2.45) is 5.92 Å². The molecule has 1 saturated carbocycles. The summed E-state index contributed by atoms with van der Waals surface area (Å²) in [7, 11) is 1.71. The fourth-order valence-corrected chi connectivity index (χ4v) is 5.85. The summed E-state index contributed by atoms with van der Waals surface area (Å²) in [6.45, 7) is 2.45. The Balaban J connectivity index is 1.28. The van der Waals surface area contributed by atoms with Crippen LogP contribution in [0.3, 0.4) is 0 Å². The fraction of sp³-hybridized carbons (Fsp3) is 0.464. The maximum atomic E-state index is 12.1. The van der Waals surface area contributed by atoms with Crippen LogP contribution in [0.2, 0.25) is 0 Å². The summed E-state index contributed by atoms with van der Waals surface area (Å²) in [6, 6.07) is 15.7. The SMILES string of the molecule is COc1ccc(C2=C(COc3ccc4c(c3)C(=O)NC4)CC3CCC(C2)N3CC2CC2)cc1. The van der Waals surface area contributed by atoms with Crippen molar-refractivity contribution in [3.8, 4) is 11.5 Å². The van der Waals surface area contributed by atoms with Crippen LogP contribution in [0.1, 0.15) is 60.0 Å². The zero-order chi connectivity index (χ0) is 22.4. The number of amides is 1. The van der Waals surface area contributed by atoms with Crippen LogP contribution in [-0.4, -0.2) is 43.2 Å². The maximum absolute atomic E-state index is 12.1. The molecule has 1 saturated heterocycles. The summed E-state index contributed by atoms with van der Waals surface area (Å²) in [5.41, 5.74) is 5.91. The second kappa shape index (κ2) is 8.53. The van der Waals surface area contributed by atoms with Gasteiger partial charge in [-0.05, 0) is 91.0 Å². The van der Waals surface area contributed by atoms with Crippen LogP contribution >= 0.6 is 0 Å². The third-order valence-electron chi connectivity index (χ3n) is 7.90. The van der Waals surface area contributed by atoms with Gasteiger partial charge < -0.3 is 14.8 Å². The Hall–Kier alpha value is -2.79. The van der Waals surface area contributed by atoms with Gasteiger partial charge in [-0.2, -0.15) is 0 Å². The third-order valence-corrected chi connectivity index (χ3v) is 7.90. The molecule has 4 aliphatic rings. The van der Waals surface area contributed by atoms with Crippen molar-refractivity contribution in [2.75, 3.05) is 20.3 Å². The Morgan fingerprint density at radius 3 is 2.48 bits per heavy atom. The summed E-state index contributed by atoms with van der Waals surface area (Å²) in [5, 5.41) is 2.89. The minimum atomic E-state index is -0.00363. The Morgan fingerprint density at radius 2 is 1.73 bits per heavy atom. The van der Waals surface area contributed by atoms with Gasteiger partial charge in [-0.3, -0.25) is 9.69 Å². The van der Waals surface area contributed by atoms with Crippen LogP contribution in [0.15, 0.2) is 48.0 Å². The average Bonchev–Trinajstić information content (AvgIpc) is 3.51. The van der Waals surface area contributed by atoms with Crippen molar-refractivity contribution in [3.05, 3.63) is 64.7 Å². The molecule has 5 heteroatoms. The van der Waals surface area contributed by atoms with Gasteiger partial charge in [0.05, 0.1) is 7.11 Å². The van der Waals surface area contributed by atoms with Gasteiger partial charge in [0.25, 0.3) is 5.91 Å². The largest absolute Gasteiger partial charge is 0.497 e. The van der Waals surface area contributed by atoms with Crippen LogP contribution in [0.25, 0.3) is 5.57 Å². The van der Waals surface area contributed by atoms with E-state index in [9.17, 15) is 4.79 Å². The topological polar surface area (TPSA) is 50.8 Å². The van der Waals surface area contributed by atoms with Gasteiger partial charge in [0.15, 0.2) is 0 Å². The van der Waals surface area contributed by atoms with Gasteiger partial charge in [-0.25, -0.2) is 0 Å². The molecule has 2 fully saturated rings. The predicted octanol–water partition coefficient (Wildman–Crippen LogP) is 4.81. The molecule has 2 aromatic carbocycles. The Bertz CT molecular complexity index is 1090. The molecule has 3 aliphatic heterocycles. The van der Waals surface area contributed by atoms with E-state index < -0.39 is 0 Å². The third kappa shape index (κ3) is 4.15. The summed E-state index contributed by atoms with van der Waals surface area (Å²) < 4.78 is 11.7. The number of benzene rings is 2. The zero-order valence-corrected chi connectivity index (χ0v) is 19.3. The van der Waals surface area contributed by atoms with Crippen molar-refractivity contribution in [1.29, 1.82) is 0 Å². The van der Waals surface area contributed by atoms with Crippen molar-refractivity contribution < 1.29 is 14.3 Å². The lowest BCUT2D eigenvalue weighted by molar-refractivity contribution is 0.0965. The highest BCUT2D eigenvalue weighted by Gasteiger charge is 2.40. The van der Waals surface area contributed by atoms with E-state index in [1.54, 1.807) is 7.11 Å². The second-order valence-electron chi connectivity index (χ2n) is 10.0. The molecule has 5 nitrogen and oxygen atoms in total. The fourth-order valence-electron chi connectivity index (χ4n) is 5.85. The number of carbonyl (C=O) groups excluding carboxylic acids is 1. The number of fused-ring (bicyclic) bond motifs is 3. The molecule has 33 heavy (non-hydrogen) atoms. The first-order valence-electron chi connectivity index (χ1n) is 12.3. The van der Waals surface area contributed by atoms with Crippen molar-refractivity contribution >= 4 is 11.5 Å². The Morgan fingerprint density at radius 1 is 0.970 bits per heavy atom. The number of nitrogens with one attached hydrogen (secondary N) is 1. The molecule has 2 unspecified atom stereocenters. The lowest BCUT2D eigenvalue weighted by atomic mass is 9.89. The minimum absolute atomic E-state index is 0.00363. The van der Waals surface area contributed by atoms with E-state index in [1.165, 1.54) is 48.9 Å². The van der Waals surface area contributed by atoms with E-state index in [-0.39, 0.29) is 5.91 Å². The highest BCUT2D eigenvalue weighted by Crippen LogP contribution is 2.43. The van der Waals surface area contributed by atoms with E-state index in [4.69, 9.17) is 9.47 Å². The minimum Gasteiger partial charge on any atom is -0.497 e. The Labute approximate surface area is 195 Å². The summed E-state index contributed by atoms with van der Waals surface area (Å²) in [5.74, 6) is 2.57. The molecular formula is C28H32N2O3. The van der Waals surface area contributed by atoms with Crippen LogP contribution < -0.4 is 14.8 Å². The zero-order valence-electron chi connectivity index (χ0n) is 19.3. The van der Waals surface area contributed by atoms with E-state index in [1.807, 2.05) is 18.2 Å². The number of rotatable bonds is 7. The summed E-state index contributed by atoms with van der Waals surface area (Å²) in [6.07, 6.45) is 7.53. The first kappa shape index (κ1) is 20.8. The molecule has 1 aliphatic carbocycles. The van der Waals surface area contributed by atoms with Gasteiger partial charge in [0.1, 0.15) is 18.1 Å². The van der Waals surface area contributed by atoms with E-state index >= 15 is 0 Å². The lowest BCUT2D eigenvalue weighted by Crippen LogP contribution is -2.36. The predicted molar refractivity (Wildman–Crippen MR) is 128 cm³/mol. The quantitative estimate of drug-likeness (QED) is 0.666. The molecule has 2 aromatic rings. The normalized spacial score (nSPS) is 24.5. The highest BCUT2D eigenvalue weighted by molar-refractivity contribution is 5.98. The molecular weight excluding hydrogens is 412 g/mol. The van der Waals surface area contributed by atoms with E-state index in [2.05, 4.69) is 34.5 Å². The van der Waals surface area contributed by atoms with Gasteiger partial charge in [-0.15, -0.1) is 0 Å². The van der Waals surface area contributed by atoms with Crippen molar-refractivity contribution in [3.63, 3.8) is 0 Å². The van der Waals surface area contributed by atoms with Crippen LogP contribution in [0, 0.1) is 5.92 Å². The molecule has 3 heterocycles. The van der Waals surface area contributed by atoms with Gasteiger partial charge in [0.2, 0.25) is 0 Å². The smallest absolute Gasteiger partial charge is 0.252 e. The van der Waals surface area contributed by atoms with Gasteiger partial charge in [0, 0.05) is 30.7 Å².